The van der Waals surface area contributed by atoms with Gasteiger partial charge in [0.25, 0.3) is 0 Å². The standard InChI is InChI=1S/C52H36N2S2/c1-34-32-37(30-31-53(38-14-3-2-4-15-38)47-28-27-44-42-17-7-10-21-49(42)56-52(44)51(34)47)35-22-24-39(25-23-35)54(46-19-11-13-36-12-5-6-16-41(36)46)40-26-29-50-45(33-40)43-18-8-9-20-48(43)55-50/h2-4,6-11,13-33H,1,5,12H2/b31-30-,37-32+. The molecule has 3 heterocycles. The largest absolute Gasteiger partial charge is 0.316 e. The highest BCUT2D eigenvalue weighted by atomic mass is 32.1. The average molecular weight is 753 g/mol. The van der Waals surface area contributed by atoms with Gasteiger partial charge in [-0.3, -0.25) is 0 Å². The fourth-order valence-electron chi connectivity index (χ4n) is 8.55. The number of benzene rings is 7. The van der Waals surface area contributed by atoms with Crippen molar-refractivity contribution in [2.45, 2.75) is 12.8 Å². The Bertz CT molecular complexity index is 3100. The van der Waals surface area contributed by atoms with E-state index in [1.165, 1.54) is 62.7 Å². The van der Waals surface area contributed by atoms with E-state index in [0.29, 0.717) is 0 Å². The molecular weight excluding hydrogens is 717 g/mol. The van der Waals surface area contributed by atoms with E-state index >= 15 is 0 Å². The zero-order chi connectivity index (χ0) is 37.2. The zero-order valence-electron chi connectivity index (χ0n) is 30.7. The lowest BCUT2D eigenvalue weighted by Gasteiger charge is -2.29. The fourth-order valence-corrected chi connectivity index (χ4v) is 10.9. The van der Waals surface area contributed by atoms with Gasteiger partial charge in [-0.2, -0.15) is 0 Å². The lowest BCUT2D eigenvalue weighted by molar-refractivity contribution is 0.984. The van der Waals surface area contributed by atoms with Crippen molar-refractivity contribution in [1.82, 2.24) is 0 Å². The minimum absolute atomic E-state index is 1.00. The van der Waals surface area contributed by atoms with E-state index in [9.17, 15) is 0 Å². The third-order valence-electron chi connectivity index (χ3n) is 11.2. The van der Waals surface area contributed by atoms with Crippen LogP contribution in [0.2, 0.25) is 0 Å². The van der Waals surface area contributed by atoms with Crippen LogP contribution in [0.4, 0.5) is 28.4 Å². The summed E-state index contributed by atoms with van der Waals surface area (Å²) in [6.07, 6.45) is 13.5. The number of para-hydroxylation sites is 1. The average Bonchev–Trinajstić information content (AvgIpc) is 3.81. The summed E-state index contributed by atoms with van der Waals surface area (Å²) in [5, 5.41) is 5.16. The van der Waals surface area contributed by atoms with Crippen molar-refractivity contribution in [3.05, 3.63) is 205 Å². The predicted octanol–water partition coefficient (Wildman–Crippen LogP) is 15.6. The molecule has 1 aliphatic heterocycles. The Morgan fingerprint density at radius 1 is 0.589 bits per heavy atom. The number of anilines is 5. The minimum Gasteiger partial charge on any atom is -0.316 e. The van der Waals surface area contributed by atoms with Gasteiger partial charge < -0.3 is 9.80 Å². The molecule has 0 spiro atoms. The second-order valence-corrected chi connectivity index (χ2v) is 16.7. The van der Waals surface area contributed by atoms with E-state index in [1.54, 1.807) is 0 Å². The Labute approximate surface area is 334 Å². The second kappa shape index (κ2) is 13.4. The molecule has 0 N–H and O–H groups in total. The molecule has 0 amide bonds. The molecule has 11 rings (SSSR count). The van der Waals surface area contributed by atoms with Crippen molar-refractivity contribution in [2.75, 3.05) is 9.80 Å². The van der Waals surface area contributed by atoms with Crippen molar-refractivity contribution in [3.8, 4) is 0 Å². The lowest BCUT2D eigenvalue weighted by atomic mass is 9.94. The Kier molecular flexibility index (Phi) is 7.87. The van der Waals surface area contributed by atoms with Gasteiger partial charge in [-0.1, -0.05) is 104 Å². The van der Waals surface area contributed by atoms with Gasteiger partial charge >= 0.3 is 0 Å². The number of rotatable bonds is 5. The minimum atomic E-state index is 1.00. The molecule has 56 heavy (non-hydrogen) atoms. The van der Waals surface area contributed by atoms with E-state index in [2.05, 4.69) is 192 Å². The Morgan fingerprint density at radius 2 is 1.32 bits per heavy atom. The van der Waals surface area contributed by atoms with E-state index in [0.717, 1.165) is 52.3 Å². The number of aryl methyl sites for hydroxylation is 1. The van der Waals surface area contributed by atoms with Crippen molar-refractivity contribution in [3.63, 3.8) is 0 Å². The van der Waals surface area contributed by atoms with Gasteiger partial charge in [0.15, 0.2) is 0 Å². The zero-order valence-corrected chi connectivity index (χ0v) is 32.3. The fraction of sp³-hybridized carbons (Fsp3) is 0.0385. The maximum absolute atomic E-state index is 4.75. The third-order valence-corrected chi connectivity index (χ3v) is 13.6. The first-order chi connectivity index (χ1) is 27.7. The van der Waals surface area contributed by atoms with Crippen LogP contribution in [0.25, 0.3) is 57.6 Å². The van der Waals surface area contributed by atoms with Crippen molar-refractivity contribution >= 4 is 109 Å². The molecular formula is C52H36N2S2. The maximum atomic E-state index is 4.75. The summed E-state index contributed by atoms with van der Waals surface area (Å²) in [5.41, 5.74) is 12.8. The summed E-state index contributed by atoms with van der Waals surface area (Å²) >= 11 is 3.71. The van der Waals surface area contributed by atoms with Gasteiger partial charge in [0.1, 0.15) is 0 Å². The molecule has 7 aromatic carbocycles. The summed E-state index contributed by atoms with van der Waals surface area (Å²) < 4.78 is 5.18. The third kappa shape index (κ3) is 5.44. The van der Waals surface area contributed by atoms with Gasteiger partial charge in [0.05, 0.1) is 11.4 Å². The number of allylic oxidation sites excluding steroid dienone is 5. The molecule has 0 bridgehead atoms. The normalized spacial score (nSPS) is 15.4. The van der Waals surface area contributed by atoms with Crippen LogP contribution in [-0.4, -0.2) is 0 Å². The van der Waals surface area contributed by atoms with Crippen LogP contribution < -0.4 is 9.80 Å². The maximum Gasteiger partial charge on any atom is 0.0548 e. The van der Waals surface area contributed by atoms with Gasteiger partial charge in [-0.05, 0) is 114 Å². The smallest absolute Gasteiger partial charge is 0.0548 e. The topological polar surface area (TPSA) is 6.48 Å². The van der Waals surface area contributed by atoms with E-state index in [4.69, 9.17) is 6.58 Å². The SMILES string of the molecule is C=C1/C=C(c2ccc(N(c3ccc4sc5ccccc5c4c3)c3cccc4c3C=CCC4)cc2)\C=C/N(c2ccccc2)c2ccc3c(sc4ccccc43)c21. The summed E-state index contributed by atoms with van der Waals surface area (Å²) in [4.78, 5) is 4.75. The van der Waals surface area contributed by atoms with E-state index in [1.807, 2.05) is 22.7 Å². The van der Waals surface area contributed by atoms with Crippen LogP contribution in [-0.2, 0) is 6.42 Å². The van der Waals surface area contributed by atoms with Crippen LogP contribution >= 0.6 is 22.7 Å². The molecule has 4 heteroatoms. The van der Waals surface area contributed by atoms with Crippen LogP contribution in [0.15, 0.2) is 183 Å². The highest BCUT2D eigenvalue weighted by Gasteiger charge is 2.23. The first kappa shape index (κ1) is 32.9. The first-order valence-corrected chi connectivity index (χ1v) is 20.8. The molecule has 2 aromatic heterocycles. The predicted molar refractivity (Wildman–Crippen MR) is 245 cm³/mol. The molecule has 266 valence electrons. The van der Waals surface area contributed by atoms with Crippen LogP contribution in [0, 0.1) is 0 Å². The van der Waals surface area contributed by atoms with Gasteiger partial charge in [0, 0.05) is 74.7 Å². The number of hydrogen-bond acceptors (Lipinski definition) is 4. The number of thiophene rings is 2. The Morgan fingerprint density at radius 3 is 2.16 bits per heavy atom. The molecule has 0 atom stereocenters. The molecule has 0 unspecified atom stereocenters. The first-order valence-electron chi connectivity index (χ1n) is 19.2. The summed E-state index contributed by atoms with van der Waals surface area (Å²) in [7, 11) is 0. The number of fused-ring (bicyclic) bond motifs is 9. The van der Waals surface area contributed by atoms with Crippen molar-refractivity contribution in [1.29, 1.82) is 0 Å². The lowest BCUT2D eigenvalue weighted by Crippen LogP contribution is -2.13. The van der Waals surface area contributed by atoms with Gasteiger partial charge in [-0.15, -0.1) is 22.7 Å². The van der Waals surface area contributed by atoms with Crippen molar-refractivity contribution < 1.29 is 0 Å². The van der Waals surface area contributed by atoms with Crippen molar-refractivity contribution in [2.24, 2.45) is 0 Å². The molecule has 2 nitrogen and oxygen atoms in total. The van der Waals surface area contributed by atoms with Gasteiger partial charge in [-0.25, -0.2) is 0 Å². The summed E-state index contributed by atoms with van der Waals surface area (Å²) in [6.45, 7) is 4.75. The molecule has 1 aliphatic carbocycles. The molecule has 0 saturated carbocycles. The Hall–Kier alpha value is -6.46. The highest BCUT2D eigenvalue weighted by Crippen LogP contribution is 2.47. The molecule has 0 saturated heterocycles. The monoisotopic (exact) mass is 752 g/mol. The summed E-state index contributed by atoms with van der Waals surface area (Å²) in [5.74, 6) is 0. The second-order valence-electron chi connectivity index (χ2n) is 14.5. The summed E-state index contributed by atoms with van der Waals surface area (Å²) in [6, 6.07) is 55.5. The quantitative estimate of drug-likeness (QED) is 0.173. The molecule has 9 aromatic rings. The molecule has 2 aliphatic rings. The van der Waals surface area contributed by atoms with Gasteiger partial charge in [0.2, 0.25) is 0 Å². The van der Waals surface area contributed by atoms with E-state index in [-0.39, 0.29) is 0 Å². The Balaban J connectivity index is 1.05. The van der Waals surface area contributed by atoms with Crippen LogP contribution in [0.3, 0.4) is 0 Å². The molecule has 0 fully saturated rings. The van der Waals surface area contributed by atoms with Crippen LogP contribution in [0.1, 0.15) is 28.7 Å². The van der Waals surface area contributed by atoms with Crippen LogP contribution in [0.5, 0.6) is 0 Å². The number of hydrogen-bond donors (Lipinski definition) is 0. The van der Waals surface area contributed by atoms with E-state index < -0.39 is 0 Å². The number of nitrogens with zero attached hydrogens (tertiary/aromatic N) is 2. The highest BCUT2D eigenvalue weighted by molar-refractivity contribution is 7.26. The molecule has 0 radical (unpaired) electrons.